The lowest BCUT2D eigenvalue weighted by molar-refractivity contribution is -0.119. The first-order valence-corrected chi connectivity index (χ1v) is 12.5. The van der Waals surface area contributed by atoms with Gasteiger partial charge in [0.25, 0.3) is 0 Å². The minimum absolute atomic E-state index is 0.00511. The summed E-state index contributed by atoms with van der Waals surface area (Å²) in [5.74, 6) is 0.313. The van der Waals surface area contributed by atoms with Crippen molar-refractivity contribution in [3.8, 4) is 11.4 Å². The first-order chi connectivity index (χ1) is 15.0. The van der Waals surface area contributed by atoms with Gasteiger partial charge in [-0.3, -0.25) is 4.79 Å². The van der Waals surface area contributed by atoms with Gasteiger partial charge >= 0.3 is 0 Å². The quantitative estimate of drug-likeness (QED) is 0.504. The molecule has 1 atom stereocenters. The summed E-state index contributed by atoms with van der Waals surface area (Å²) in [5.41, 5.74) is 0.765. The van der Waals surface area contributed by atoms with Crippen LogP contribution >= 0.6 is 11.8 Å². The second-order valence-electron chi connectivity index (χ2n) is 7.13. The summed E-state index contributed by atoms with van der Waals surface area (Å²) in [7, 11) is -3.82. The Kier molecular flexibility index (Phi) is 6.74. The summed E-state index contributed by atoms with van der Waals surface area (Å²) >= 11 is 1.10. The Morgan fingerprint density at radius 3 is 2.52 bits per heavy atom. The van der Waals surface area contributed by atoms with Crippen LogP contribution in [-0.4, -0.2) is 49.3 Å². The molecule has 1 saturated heterocycles. The molecular formula is C22H23N3O4S2. The molecule has 0 aliphatic carbocycles. The van der Waals surface area contributed by atoms with E-state index in [9.17, 15) is 13.2 Å². The number of sulfone groups is 1. The predicted molar refractivity (Wildman–Crippen MR) is 119 cm³/mol. The molecule has 0 spiro atoms. The van der Waals surface area contributed by atoms with E-state index in [4.69, 9.17) is 4.74 Å². The fourth-order valence-electron chi connectivity index (χ4n) is 3.29. The molecule has 162 valence electrons. The van der Waals surface area contributed by atoms with Gasteiger partial charge in [-0.1, -0.05) is 60.3 Å². The Bertz CT molecular complexity index is 1130. The molecule has 2 heterocycles. The summed E-state index contributed by atoms with van der Waals surface area (Å²) in [6, 6.07) is 17.5. The van der Waals surface area contributed by atoms with Crippen molar-refractivity contribution in [3.05, 3.63) is 60.7 Å². The maximum atomic E-state index is 13.2. The van der Waals surface area contributed by atoms with Crippen molar-refractivity contribution in [1.82, 2.24) is 15.3 Å². The van der Waals surface area contributed by atoms with E-state index in [1.165, 1.54) is 0 Å². The fourth-order valence-corrected chi connectivity index (χ4v) is 5.76. The highest BCUT2D eigenvalue weighted by Gasteiger charge is 2.27. The third-order valence-electron chi connectivity index (χ3n) is 4.90. The molecule has 2 N–H and O–H groups in total. The van der Waals surface area contributed by atoms with Gasteiger partial charge in [-0.2, -0.15) is 0 Å². The number of rotatable bonds is 8. The van der Waals surface area contributed by atoms with Gasteiger partial charge in [0.05, 0.1) is 16.8 Å². The lowest BCUT2D eigenvalue weighted by atomic mass is 10.2. The van der Waals surface area contributed by atoms with Gasteiger partial charge in [-0.15, -0.1) is 0 Å². The number of carbonyl (C=O) groups is 1. The number of carbonyl (C=O) groups excluding carboxylic acids is 1. The van der Waals surface area contributed by atoms with Gasteiger partial charge in [0, 0.05) is 18.7 Å². The normalized spacial score (nSPS) is 16.3. The Morgan fingerprint density at radius 1 is 1.13 bits per heavy atom. The van der Waals surface area contributed by atoms with Crippen molar-refractivity contribution in [2.45, 2.75) is 33.9 Å². The number of benzene rings is 2. The molecule has 1 unspecified atom stereocenters. The van der Waals surface area contributed by atoms with Crippen molar-refractivity contribution < 1.29 is 17.9 Å². The standard InChI is InChI=1S/C22H23N3O4S2/c26-19(23-14-17-10-7-13-29-17)15-30-21-22(31(27,28)18-11-5-2-6-12-18)25-20(24-21)16-8-3-1-4-9-16/h1-6,8-9,11-12,17H,7,10,13-15H2,(H,23,26)(H,24,25). The van der Waals surface area contributed by atoms with Crippen LogP contribution in [-0.2, 0) is 19.4 Å². The average Bonchev–Trinajstić information content (AvgIpc) is 3.48. The van der Waals surface area contributed by atoms with Crippen molar-refractivity contribution in [2.75, 3.05) is 18.9 Å². The second kappa shape index (κ2) is 9.67. The Hall–Kier alpha value is -2.62. The second-order valence-corrected chi connectivity index (χ2v) is 9.98. The van der Waals surface area contributed by atoms with Crippen LogP contribution in [0.15, 0.2) is 75.6 Å². The van der Waals surface area contributed by atoms with Gasteiger partial charge in [0.15, 0.2) is 5.03 Å². The van der Waals surface area contributed by atoms with E-state index >= 15 is 0 Å². The van der Waals surface area contributed by atoms with E-state index in [0.717, 1.165) is 36.8 Å². The first-order valence-electron chi connectivity index (χ1n) is 10.0. The minimum atomic E-state index is -3.82. The lowest BCUT2D eigenvalue weighted by Gasteiger charge is -2.10. The van der Waals surface area contributed by atoms with Crippen molar-refractivity contribution in [3.63, 3.8) is 0 Å². The highest BCUT2D eigenvalue weighted by Crippen LogP contribution is 2.31. The molecule has 4 rings (SSSR count). The molecule has 7 nitrogen and oxygen atoms in total. The molecule has 1 aromatic heterocycles. The monoisotopic (exact) mass is 457 g/mol. The zero-order valence-corrected chi connectivity index (χ0v) is 18.4. The fraction of sp³-hybridized carbons (Fsp3) is 0.273. The van der Waals surface area contributed by atoms with Gasteiger partial charge in [-0.25, -0.2) is 13.4 Å². The van der Waals surface area contributed by atoms with Crippen LogP contribution in [0.2, 0.25) is 0 Å². The van der Waals surface area contributed by atoms with Gasteiger partial charge in [-0.05, 0) is 25.0 Å². The van der Waals surface area contributed by atoms with Gasteiger partial charge < -0.3 is 15.0 Å². The number of ether oxygens (including phenoxy) is 1. The minimum Gasteiger partial charge on any atom is -0.376 e. The van der Waals surface area contributed by atoms with Crippen LogP contribution in [0.25, 0.3) is 11.4 Å². The molecule has 0 radical (unpaired) electrons. The van der Waals surface area contributed by atoms with Crippen molar-refractivity contribution >= 4 is 27.5 Å². The molecule has 31 heavy (non-hydrogen) atoms. The van der Waals surface area contributed by atoms with E-state index in [1.54, 1.807) is 30.3 Å². The maximum absolute atomic E-state index is 13.2. The number of hydrogen-bond donors (Lipinski definition) is 2. The van der Waals surface area contributed by atoms with E-state index < -0.39 is 9.84 Å². The molecule has 0 saturated carbocycles. The van der Waals surface area contributed by atoms with Crippen LogP contribution < -0.4 is 5.32 Å². The van der Waals surface area contributed by atoms with Crippen molar-refractivity contribution in [2.24, 2.45) is 0 Å². The van der Waals surface area contributed by atoms with E-state index in [2.05, 4.69) is 15.3 Å². The lowest BCUT2D eigenvalue weighted by Crippen LogP contribution is -2.32. The molecule has 9 heteroatoms. The third kappa shape index (κ3) is 5.17. The number of H-pyrrole nitrogens is 1. The van der Waals surface area contributed by atoms with E-state index in [1.807, 2.05) is 30.3 Å². The Morgan fingerprint density at radius 2 is 1.84 bits per heavy atom. The van der Waals surface area contributed by atoms with E-state index in [0.29, 0.717) is 12.4 Å². The molecule has 3 aromatic rings. The predicted octanol–water partition coefficient (Wildman–Crippen LogP) is 3.30. The first kappa shape index (κ1) is 21.6. The number of imidazole rings is 1. The zero-order chi connectivity index (χ0) is 21.7. The number of aromatic amines is 1. The Labute approximate surface area is 185 Å². The smallest absolute Gasteiger partial charge is 0.230 e. The molecule has 1 amide bonds. The summed E-state index contributed by atoms with van der Waals surface area (Å²) in [4.78, 5) is 19.9. The molecule has 2 aromatic carbocycles. The molecule has 0 bridgehead atoms. The topological polar surface area (TPSA) is 101 Å². The average molecular weight is 458 g/mol. The van der Waals surface area contributed by atoms with Crippen LogP contribution in [0.3, 0.4) is 0 Å². The van der Waals surface area contributed by atoms with Crippen LogP contribution in [0, 0.1) is 0 Å². The van der Waals surface area contributed by atoms with Gasteiger partial charge in [0.1, 0.15) is 10.9 Å². The molecule has 1 aliphatic heterocycles. The zero-order valence-electron chi connectivity index (χ0n) is 16.8. The number of nitrogens with one attached hydrogen (secondary N) is 2. The summed E-state index contributed by atoms with van der Waals surface area (Å²) in [5, 5.41) is 3.12. The number of thioether (sulfide) groups is 1. The van der Waals surface area contributed by atoms with Crippen LogP contribution in [0.1, 0.15) is 12.8 Å². The largest absolute Gasteiger partial charge is 0.376 e. The third-order valence-corrected chi connectivity index (χ3v) is 7.73. The molecule has 1 aliphatic rings. The highest BCUT2D eigenvalue weighted by atomic mass is 32.2. The Balaban J connectivity index is 1.56. The van der Waals surface area contributed by atoms with Crippen LogP contribution in [0.4, 0.5) is 0 Å². The molecule has 1 fully saturated rings. The summed E-state index contributed by atoms with van der Waals surface area (Å²) in [6.07, 6.45) is 2.00. The van der Waals surface area contributed by atoms with E-state index in [-0.39, 0.29) is 32.7 Å². The molecular weight excluding hydrogens is 434 g/mol. The van der Waals surface area contributed by atoms with Crippen molar-refractivity contribution in [1.29, 1.82) is 0 Å². The number of amides is 1. The maximum Gasteiger partial charge on any atom is 0.230 e. The number of aromatic nitrogens is 2. The summed E-state index contributed by atoms with van der Waals surface area (Å²) in [6.45, 7) is 1.19. The SMILES string of the molecule is O=C(CSc1nc(-c2ccccc2)[nH]c1S(=O)(=O)c1ccccc1)NCC1CCCO1. The van der Waals surface area contributed by atoms with Gasteiger partial charge in [0.2, 0.25) is 15.7 Å². The number of hydrogen-bond acceptors (Lipinski definition) is 6. The highest BCUT2D eigenvalue weighted by molar-refractivity contribution is 8.00. The van der Waals surface area contributed by atoms with Crippen LogP contribution in [0.5, 0.6) is 0 Å². The number of nitrogens with zero attached hydrogens (tertiary/aromatic N) is 1. The summed E-state index contributed by atoms with van der Waals surface area (Å²) < 4.78 is 32.0.